The molecule has 1 aliphatic heterocycles. The molecule has 0 amide bonds. The summed E-state index contributed by atoms with van der Waals surface area (Å²) in [5.41, 5.74) is 1.39. The monoisotopic (exact) mass is 294 g/mol. The maximum atomic E-state index is 11.1. The number of aldehydes is 1. The molecule has 0 bridgehead atoms. The first-order chi connectivity index (χ1) is 9.45. The van der Waals surface area contributed by atoms with E-state index in [0.29, 0.717) is 5.41 Å². The highest BCUT2D eigenvalue weighted by Gasteiger charge is 2.29. The minimum absolute atomic E-state index is 0.399. The van der Waals surface area contributed by atoms with Gasteiger partial charge in [0.25, 0.3) is 0 Å². The van der Waals surface area contributed by atoms with Crippen LogP contribution in [0.5, 0.6) is 0 Å². The Balaban J connectivity index is 2.05. The van der Waals surface area contributed by atoms with Crippen molar-refractivity contribution in [1.29, 1.82) is 0 Å². The van der Waals surface area contributed by atoms with Crippen molar-refractivity contribution in [3.63, 3.8) is 0 Å². The first kappa shape index (κ1) is 15.5. The van der Waals surface area contributed by atoms with Crippen molar-refractivity contribution in [3.8, 4) is 0 Å². The van der Waals surface area contributed by atoms with Crippen LogP contribution in [0, 0.1) is 11.3 Å². The number of carbonyl (C=O) groups excluding carboxylic acids is 1. The van der Waals surface area contributed by atoms with Gasteiger partial charge in [0.05, 0.1) is 10.6 Å². The Hall–Kier alpha value is -0.900. The Morgan fingerprint density at radius 1 is 1.35 bits per heavy atom. The minimum atomic E-state index is 0.399. The molecule has 1 saturated heterocycles. The van der Waals surface area contributed by atoms with Crippen molar-refractivity contribution in [2.24, 2.45) is 11.3 Å². The van der Waals surface area contributed by atoms with E-state index in [1.54, 1.807) is 11.3 Å². The van der Waals surface area contributed by atoms with Crippen molar-refractivity contribution in [2.45, 2.75) is 53.4 Å². The highest BCUT2D eigenvalue weighted by molar-refractivity contribution is 7.17. The molecule has 0 unspecified atom stereocenters. The third-order valence-corrected chi connectivity index (χ3v) is 5.38. The van der Waals surface area contributed by atoms with Gasteiger partial charge in [-0.05, 0) is 30.6 Å². The predicted molar refractivity (Wildman–Crippen MR) is 85.9 cm³/mol. The summed E-state index contributed by atoms with van der Waals surface area (Å²) in [6.07, 6.45) is 5.36. The van der Waals surface area contributed by atoms with Crippen LogP contribution >= 0.6 is 11.3 Å². The molecule has 3 nitrogen and oxygen atoms in total. The molecule has 0 spiro atoms. The van der Waals surface area contributed by atoms with Crippen LogP contribution in [-0.4, -0.2) is 24.4 Å². The van der Waals surface area contributed by atoms with Gasteiger partial charge in [0.15, 0.2) is 11.4 Å². The van der Waals surface area contributed by atoms with Gasteiger partial charge < -0.3 is 4.90 Å². The van der Waals surface area contributed by atoms with E-state index in [2.05, 4.69) is 32.6 Å². The molecule has 4 heteroatoms. The Labute approximate surface area is 126 Å². The van der Waals surface area contributed by atoms with E-state index >= 15 is 0 Å². The molecule has 0 aromatic carbocycles. The number of thiazole rings is 1. The summed E-state index contributed by atoms with van der Waals surface area (Å²) in [5, 5.41) is 1.04. The lowest BCUT2D eigenvalue weighted by Crippen LogP contribution is -2.38. The predicted octanol–water partition coefficient (Wildman–Crippen LogP) is 4.17. The minimum Gasteiger partial charge on any atom is -0.348 e. The normalized spacial score (nSPS) is 17.5. The van der Waals surface area contributed by atoms with Crippen LogP contribution in [0.4, 0.5) is 5.13 Å². The zero-order valence-corrected chi connectivity index (χ0v) is 13.9. The van der Waals surface area contributed by atoms with Crippen molar-refractivity contribution in [3.05, 3.63) is 10.6 Å². The number of carbonyl (C=O) groups is 1. The number of piperidine rings is 1. The van der Waals surface area contributed by atoms with Crippen LogP contribution in [0.1, 0.15) is 62.3 Å². The topological polar surface area (TPSA) is 33.2 Å². The number of rotatable bonds is 4. The van der Waals surface area contributed by atoms with Crippen LogP contribution in [0.3, 0.4) is 0 Å². The summed E-state index contributed by atoms with van der Waals surface area (Å²) in [7, 11) is 0. The van der Waals surface area contributed by atoms with E-state index in [0.717, 1.165) is 53.8 Å². The number of hydrogen-bond donors (Lipinski definition) is 0. The largest absolute Gasteiger partial charge is 0.348 e. The highest BCUT2D eigenvalue weighted by atomic mass is 32.1. The van der Waals surface area contributed by atoms with Crippen LogP contribution < -0.4 is 4.90 Å². The smallest absolute Gasteiger partial charge is 0.186 e. The molecule has 0 saturated carbocycles. The zero-order valence-electron chi connectivity index (χ0n) is 13.1. The summed E-state index contributed by atoms with van der Waals surface area (Å²) < 4.78 is 0. The second-order valence-corrected chi connectivity index (χ2v) is 7.81. The van der Waals surface area contributed by atoms with Gasteiger partial charge in [-0.1, -0.05) is 45.5 Å². The van der Waals surface area contributed by atoms with E-state index in [4.69, 9.17) is 4.98 Å². The SMILES string of the molecule is CCCc1nc(N2CCC(C(C)(C)C)CC2)sc1C=O. The van der Waals surface area contributed by atoms with Gasteiger partial charge in [0.2, 0.25) is 0 Å². The third kappa shape index (κ3) is 3.40. The van der Waals surface area contributed by atoms with Gasteiger partial charge >= 0.3 is 0 Å². The molecule has 1 aliphatic rings. The number of aryl methyl sites for hydroxylation is 1. The number of anilines is 1. The van der Waals surface area contributed by atoms with Crippen LogP contribution in [0.25, 0.3) is 0 Å². The first-order valence-corrected chi connectivity index (χ1v) is 8.47. The Morgan fingerprint density at radius 3 is 2.50 bits per heavy atom. The van der Waals surface area contributed by atoms with Gasteiger partial charge in [-0.15, -0.1) is 0 Å². The van der Waals surface area contributed by atoms with Crippen molar-refractivity contribution in [2.75, 3.05) is 18.0 Å². The third-order valence-electron chi connectivity index (χ3n) is 4.30. The summed E-state index contributed by atoms with van der Waals surface area (Å²) in [6.45, 7) is 11.3. The van der Waals surface area contributed by atoms with Gasteiger partial charge in [-0.25, -0.2) is 4.98 Å². The molecule has 2 rings (SSSR count). The molecule has 1 aromatic rings. The van der Waals surface area contributed by atoms with E-state index in [1.807, 2.05) is 0 Å². The molecular weight excluding hydrogens is 268 g/mol. The van der Waals surface area contributed by atoms with Gasteiger partial charge in [-0.2, -0.15) is 0 Å². The lowest BCUT2D eigenvalue weighted by Gasteiger charge is -2.38. The fourth-order valence-electron chi connectivity index (χ4n) is 2.93. The maximum Gasteiger partial charge on any atom is 0.186 e. The molecule has 112 valence electrons. The Bertz CT molecular complexity index is 454. The molecular formula is C16H26N2OS. The van der Waals surface area contributed by atoms with E-state index < -0.39 is 0 Å². The molecule has 0 N–H and O–H groups in total. The quantitative estimate of drug-likeness (QED) is 0.781. The zero-order chi connectivity index (χ0) is 14.8. The summed E-state index contributed by atoms with van der Waals surface area (Å²) in [6, 6.07) is 0. The summed E-state index contributed by atoms with van der Waals surface area (Å²) in [5.74, 6) is 0.791. The average molecular weight is 294 g/mol. The van der Waals surface area contributed by atoms with E-state index in [-0.39, 0.29) is 0 Å². The fourth-order valence-corrected chi connectivity index (χ4v) is 3.91. The standard InChI is InChI=1S/C16H26N2OS/c1-5-6-13-14(11-19)20-15(17-13)18-9-7-12(8-10-18)16(2,3)4/h11-12H,5-10H2,1-4H3. The molecule has 2 heterocycles. The number of hydrogen-bond acceptors (Lipinski definition) is 4. The van der Waals surface area contributed by atoms with Crippen molar-refractivity contribution >= 4 is 22.8 Å². The first-order valence-electron chi connectivity index (χ1n) is 7.65. The molecule has 0 atom stereocenters. The number of nitrogens with zero attached hydrogens (tertiary/aromatic N) is 2. The van der Waals surface area contributed by atoms with Crippen LogP contribution in [0.15, 0.2) is 0 Å². The summed E-state index contributed by atoms with van der Waals surface area (Å²) >= 11 is 1.56. The molecule has 20 heavy (non-hydrogen) atoms. The van der Waals surface area contributed by atoms with Gasteiger partial charge in [0, 0.05) is 13.1 Å². The molecule has 0 radical (unpaired) electrons. The second kappa shape index (κ2) is 6.25. The van der Waals surface area contributed by atoms with Gasteiger partial charge in [-0.3, -0.25) is 4.79 Å². The molecule has 1 fully saturated rings. The average Bonchev–Trinajstić information content (AvgIpc) is 2.81. The lowest BCUT2D eigenvalue weighted by atomic mass is 9.75. The van der Waals surface area contributed by atoms with E-state index in [9.17, 15) is 4.79 Å². The number of aromatic nitrogens is 1. The van der Waals surface area contributed by atoms with Gasteiger partial charge in [0.1, 0.15) is 0 Å². The maximum absolute atomic E-state index is 11.1. The van der Waals surface area contributed by atoms with Crippen LogP contribution in [0.2, 0.25) is 0 Å². The summed E-state index contributed by atoms with van der Waals surface area (Å²) in [4.78, 5) is 19.0. The fraction of sp³-hybridized carbons (Fsp3) is 0.750. The second-order valence-electron chi connectivity index (χ2n) is 6.80. The van der Waals surface area contributed by atoms with Crippen molar-refractivity contribution in [1.82, 2.24) is 4.98 Å². The Morgan fingerprint density at radius 2 is 2.00 bits per heavy atom. The lowest BCUT2D eigenvalue weighted by molar-refractivity contribution is 0.112. The van der Waals surface area contributed by atoms with E-state index in [1.165, 1.54) is 12.8 Å². The van der Waals surface area contributed by atoms with Crippen LogP contribution in [-0.2, 0) is 6.42 Å². The molecule has 0 aliphatic carbocycles. The Kier molecular flexibility index (Phi) is 4.84. The highest BCUT2D eigenvalue weighted by Crippen LogP contribution is 2.36. The van der Waals surface area contributed by atoms with Crippen molar-refractivity contribution < 1.29 is 4.79 Å². The molecule has 1 aromatic heterocycles.